The fourth-order valence-electron chi connectivity index (χ4n) is 6.27. The summed E-state index contributed by atoms with van der Waals surface area (Å²) < 4.78 is 54.3. The number of benzene rings is 1. The normalized spacial score (nSPS) is 21.3. The summed E-state index contributed by atoms with van der Waals surface area (Å²) in [6.45, 7) is 4.31. The molecule has 3 aromatic heterocycles. The first-order chi connectivity index (χ1) is 18.4. The largest absolute Gasteiger partial charge is 0.252 e. The van der Waals surface area contributed by atoms with E-state index < -0.39 is 26.9 Å². The highest BCUT2D eigenvalue weighted by Crippen LogP contribution is 2.70. The highest BCUT2D eigenvalue weighted by molar-refractivity contribution is 9.10. The summed E-state index contributed by atoms with van der Waals surface area (Å²) >= 11 is 3.65. The van der Waals surface area contributed by atoms with Crippen molar-refractivity contribution in [3.05, 3.63) is 75.7 Å². The van der Waals surface area contributed by atoms with E-state index >= 15 is 0 Å². The van der Waals surface area contributed by atoms with Gasteiger partial charge in [0.05, 0.1) is 38.3 Å². The fourth-order valence-corrected chi connectivity index (χ4v) is 7.35. The number of aromatic nitrogens is 7. The second kappa shape index (κ2) is 8.91. The van der Waals surface area contributed by atoms with E-state index in [1.165, 1.54) is 35.5 Å². The Labute approximate surface area is 232 Å². The van der Waals surface area contributed by atoms with Crippen molar-refractivity contribution in [2.45, 2.75) is 44.4 Å². The summed E-state index contributed by atoms with van der Waals surface area (Å²) in [6, 6.07) is 5.50. The molecule has 3 heterocycles. The van der Waals surface area contributed by atoms with Crippen molar-refractivity contribution in [2.75, 3.05) is 12.0 Å². The first-order valence-corrected chi connectivity index (χ1v) is 15.2. The maximum Gasteiger partial charge on any atom is 0.252 e. The number of hydrogen-bond acceptors (Lipinski definition) is 8. The lowest BCUT2D eigenvalue weighted by Gasteiger charge is -2.37. The second-order valence-corrected chi connectivity index (χ2v) is 13.8. The molecule has 0 saturated heterocycles. The molecule has 13 heteroatoms. The zero-order chi connectivity index (χ0) is 27.7. The minimum Gasteiger partial charge on any atom is -0.229 e. The van der Waals surface area contributed by atoms with Gasteiger partial charge >= 0.3 is 0 Å². The third-order valence-electron chi connectivity index (χ3n) is 8.18. The monoisotopic (exact) mass is 615 g/mol. The highest BCUT2D eigenvalue weighted by Gasteiger charge is 2.65. The molecule has 2 aliphatic rings. The third-order valence-corrected chi connectivity index (χ3v) is 9.70. The Morgan fingerprint density at radius 2 is 1.87 bits per heavy atom. The molecule has 2 atom stereocenters. The molecule has 0 unspecified atom stereocenters. The fraction of sp³-hybridized carbons (Fsp3) is 0.385. The smallest absolute Gasteiger partial charge is 0.229 e. The van der Waals surface area contributed by atoms with Crippen LogP contribution in [0.1, 0.15) is 55.4 Å². The van der Waals surface area contributed by atoms with Gasteiger partial charge in [-0.1, -0.05) is 19.9 Å². The van der Waals surface area contributed by atoms with Crippen molar-refractivity contribution in [1.29, 1.82) is 0 Å². The van der Waals surface area contributed by atoms with Gasteiger partial charge in [-0.15, -0.1) is 10.2 Å². The first kappa shape index (κ1) is 26.1. The molecule has 2 bridgehead atoms. The van der Waals surface area contributed by atoms with Gasteiger partial charge in [-0.25, -0.2) is 32.2 Å². The van der Waals surface area contributed by atoms with Crippen LogP contribution in [0.4, 0.5) is 8.78 Å². The Morgan fingerprint density at radius 1 is 1.13 bits per heavy atom. The summed E-state index contributed by atoms with van der Waals surface area (Å²) in [5, 5.41) is 13.3. The maximum atomic E-state index is 14.6. The second-order valence-electron chi connectivity index (χ2n) is 10.7. The zero-order valence-electron chi connectivity index (χ0n) is 21.4. The number of fused-ring (bicyclic) bond motifs is 5. The molecule has 2 aliphatic carbocycles. The molecule has 39 heavy (non-hydrogen) atoms. The van der Waals surface area contributed by atoms with Crippen molar-refractivity contribution in [1.82, 2.24) is 34.9 Å². The zero-order valence-corrected chi connectivity index (χ0v) is 23.8. The van der Waals surface area contributed by atoms with Crippen molar-refractivity contribution in [3.8, 4) is 17.2 Å². The predicted octanol–water partition coefficient (Wildman–Crippen LogP) is 4.35. The molecule has 0 amide bonds. The van der Waals surface area contributed by atoms with Crippen LogP contribution in [0.15, 0.2) is 41.3 Å². The summed E-state index contributed by atoms with van der Waals surface area (Å²) in [5.41, 5.74) is 1.36. The Morgan fingerprint density at radius 3 is 2.59 bits per heavy atom. The maximum absolute atomic E-state index is 14.6. The van der Waals surface area contributed by atoms with Crippen LogP contribution in [0.3, 0.4) is 0 Å². The minimum atomic E-state index is -3.16. The van der Waals surface area contributed by atoms with E-state index in [0.29, 0.717) is 16.0 Å². The van der Waals surface area contributed by atoms with Gasteiger partial charge in [0.25, 0.3) is 5.95 Å². The number of nitrogens with zero attached hydrogens (tertiary/aromatic N) is 7. The van der Waals surface area contributed by atoms with E-state index in [0.717, 1.165) is 24.1 Å². The Balaban J connectivity index is 1.45. The van der Waals surface area contributed by atoms with Crippen molar-refractivity contribution in [2.24, 2.45) is 5.41 Å². The van der Waals surface area contributed by atoms with Gasteiger partial charge in [-0.05, 0) is 63.9 Å². The van der Waals surface area contributed by atoms with E-state index in [-0.39, 0.29) is 40.7 Å². The standard InChI is InChI=1S/C26H24BrF2N7O2S/c1-25(2)15-7-9-26(25,22-14(15)11-19(33-34-22)21-17(28)5-4-6-18(21)29)23-16(27)12-30-24(32-23)36-13-31-20(35-36)8-10-39(3,37)38/h4-6,11-13,15H,7-10H2,1-3H3/t15-,26+/m0/s1. The number of sulfone groups is 1. The lowest BCUT2D eigenvalue weighted by molar-refractivity contribution is 0.241. The first-order valence-electron chi connectivity index (χ1n) is 12.4. The number of halogens is 3. The van der Waals surface area contributed by atoms with Gasteiger partial charge in [0, 0.05) is 18.9 Å². The molecule has 0 spiro atoms. The highest BCUT2D eigenvalue weighted by atomic mass is 79.9. The predicted molar refractivity (Wildman–Crippen MR) is 142 cm³/mol. The van der Waals surface area contributed by atoms with Crippen molar-refractivity contribution < 1.29 is 17.2 Å². The van der Waals surface area contributed by atoms with Gasteiger partial charge in [-0.2, -0.15) is 9.78 Å². The Hall–Kier alpha value is -3.19. The van der Waals surface area contributed by atoms with Crippen LogP contribution in [0, 0.1) is 17.0 Å². The summed E-state index contributed by atoms with van der Waals surface area (Å²) in [6.07, 6.45) is 6.07. The SMILES string of the molecule is CC1(C)[C@H]2CC[C@]1(c1nc(-n3cnc(CCS(C)(=O)=O)n3)ncc1Br)c1nnc(-c3c(F)cccc3F)cc12. The quantitative estimate of drug-likeness (QED) is 0.314. The number of hydrogen-bond donors (Lipinski definition) is 0. The van der Waals surface area contributed by atoms with Crippen LogP contribution in [0.5, 0.6) is 0 Å². The molecule has 0 radical (unpaired) electrons. The van der Waals surface area contributed by atoms with E-state index in [1.54, 1.807) is 12.3 Å². The molecular weight excluding hydrogens is 592 g/mol. The molecule has 202 valence electrons. The van der Waals surface area contributed by atoms with Crippen LogP contribution in [0.2, 0.25) is 0 Å². The van der Waals surface area contributed by atoms with Crippen LogP contribution >= 0.6 is 15.9 Å². The van der Waals surface area contributed by atoms with Crippen LogP contribution in [-0.4, -0.2) is 55.4 Å². The molecule has 6 rings (SSSR count). The molecular formula is C26H24BrF2N7O2S. The average molecular weight is 616 g/mol. The Bertz CT molecular complexity index is 1720. The van der Waals surface area contributed by atoms with E-state index in [2.05, 4.69) is 55.0 Å². The molecule has 1 saturated carbocycles. The molecule has 9 nitrogen and oxygen atoms in total. The van der Waals surface area contributed by atoms with Gasteiger partial charge in [0.15, 0.2) is 5.82 Å². The molecule has 1 fully saturated rings. The van der Waals surface area contributed by atoms with E-state index in [4.69, 9.17) is 4.98 Å². The van der Waals surface area contributed by atoms with Gasteiger partial charge in [-0.3, -0.25) is 0 Å². The van der Waals surface area contributed by atoms with Gasteiger partial charge in [0.1, 0.15) is 27.8 Å². The molecule has 4 aromatic rings. The summed E-state index contributed by atoms with van der Waals surface area (Å²) in [7, 11) is -3.16. The lowest BCUT2D eigenvalue weighted by atomic mass is 9.66. The van der Waals surface area contributed by atoms with E-state index in [1.807, 2.05) is 0 Å². The average Bonchev–Trinajstić information content (AvgIpc) is 3.50. The molecule has 1 aromatic carbocycles. The molecule has 0 N–H and O–H groups in total. The van der Waals surface area contributed by atoms with Crippen molar-refractivity contribution >= 4 is 25.8 Å². The minimum absolute atomic E-state index is 0.0592. The van der Waals surface area contributed by atoms with E-state index in [9.17, 15) is 17.2 Å². The summed E-state index contributed by atoms with van der Waals surface area (Å²) in [5.74, 6) is -0.696. The molecule has 0 aliphatic heterocycles. The topological polar surface area (TPSA) is 116 Å². The number of rotatable bonds is 6. The van der Waals surface area contributed by atoms with Gasteiger partial charge < -0.3 is 0 Å². The Kier molecular flexibility index (Phi) is 5.96. The number of aryl methyl sites for hydroxylation is 1. The van der Waals surface area contributed by atoms with Crippen LogP contribution < -0.4 is 0 Å². The van der Waals surface area contributed by atoms with Crippen LogP contribution in [0.25, 0.3) is 17.2 Å². The third kappa shape index (κ3) is 4.00. The summed E-state index contributed by atoms with van der Waals surface area (Å²) in [4.78, 5) is 13.6. The lowest BCUT2D eigenvalue weighted by Crippen LogP contribution is -2.38. The van der Waals surface area contributed by atoms with Crippen LogP contribution in [-0.2, 0) is 21.7 Å². The van der Waals surface area contributed by atoms with Crippen molar-refractivity contribution in [3.63, 3.8) is 0 Å². The van der Waals surface area contributed by atoms with Gasteiger partial charge in [0.2, 0.25) is 0 Å².